The van der Waals surface area contributed by atoms with Crippen molar-refractivity contribution in [2.24, 2.45) is 0 Å². The Hall–Kier alpha value is -0.790. The summed E-state index contributed by atoms with van der Waals surface area (Å²) < 4.78 is 56.8. The first-order valence-corrected chi connectivity index (χ1v) is 5.31. The number of rotatable bonds is 4. The van der Waals surface area contributed by atoms with Gasteiger partial charge in [0, 0.05) is 6.42 Å². The average molecular weight is 233 g/mol. The van der Waals surface area contributed by atoms with Crippen molar-refractivity contribution < 1.29 is 26.4 Å². The predicted octanol–water partition coefficient (Wildman–Crippen LogP) is 1.14. The first-order chi connectivity index (χ1) is 6.20. The summed E-state index contributed by atoms with van der Waals surface area (Å²) in [6.45, 7) is 1.73. The third-order valence-electron chi connectivity index (χ3n) is 1.31. The first kappa shape index (κ1) is 13.2. The molecule has 0 aliphatic rings. The van der Waals surface area contributed by atoms with Crippen molar-refractivity contribution in [3.05, 3.63) is 0 Å². The lowest BCUT2D eigenvalue weighted by Crippen LogP contribution is -2.40. The molecule has 0 aromatic rings. The van der Waals surface area contributed by atoms with E-state index in [0.29, 0.717) is 12.8 Å². The van der Waals surface area contributed by atoms with Crippen molar-refractivity contribution in [1.29, 1.82) is 0 Å². The topological polar surface area (TPSA) is 63.2 Å². The van der Waals surface area contributed by atoms with Crippen LogP contribution in [0.2, 0.25) is 0 Å². The quantitative estimate of drug-likeness (QED) is 0.792. The molecule has 0 unspecified atom stereocenters. The summed E-state index contributed by atoms with van der Waals surface area (Å²) in [5.74, 6) is -1.14. The number of carbonyl (C=O) groups is 1. The van der Waals surface area contributed by atoms with Crippen LogP contribution in [-0.4, -0.2) is 19.8 Å². The lowest BCUT2D eigenvalue weighted by molar-refractivity contribution is -0.120. The molecule has 0 bridgehead atoms. The molecule has 8 heteroatoms. The van der Waals surface area contributed by atoms with E-state index in [4.69, 9.17) is 0 Å². The third-order valence-corrected chi connectivity index (χ3v) is 2.42. The van der Waals surface area contributed by atoms with E-state index in [9.17, 15) is 26.4 Å². The van der Waals surface area contributed by atoms with Gasteiger partial charge in [-0.2, -0.15) is 21.6 Å². The Kier molecular flexibility index (Phi) is 4.37. The van der Waals surface area contributed by atoms with Crippen molar-refractivity contribution >= 4 is 15.9 Å². The number of hydrogen-bond donors (Lipinski definition) is 1. The van der Waals surface area contributed by atoms with Gasteiger partial charge in [-0.15, -0.1) is 0 Å². The number of unbranched alkanes of at least 4 members (excludes halogenated alkanes) is 1. The van der Waals surface area contributed by atoms with Gasteiger partial charge in [-0.3, -0.25) is 4.79 Å². The zero-order valence-corrected chi connectivity index (χ0v) is 8.20. The Balaban J connectivity index is 4.32. The molecule has 84 valence electrons. The van der Waals surface area contributed by atoms with Crippen LogP contribution >= 0.6 is 0 Å². The van der Waals surface area contributed by atoms with Crippen LogP contribution < -0.4 is 4.72 Å². The SMILES string of the molecule is CCCCC(=O)NS(=O)(=O)C(F)(F)F. The normalized spacial score (nSPS) is 12.6. The second kappa shape index (κ2) is 4.63. The number of amides is 1. The van der Waals surface area contributed by atoms with Crippen molar-refractivity contribution in [2.45, 2.75) is 31.7 Å². The first-order valence-electron chi connectivity index (χ1n) is 3.82. The van der Waals surface area contributed by atoms with Crippen molar-refractivity contribution in [3.8, 4) is 0 Å². The summed E-state index contributed by atoms with van der Waals surface area (Å²) in [5.41, 5.74) is -5.44. The van der Waals surface area contributed by atoms with Gasteiger partial charge in [0.2, 0.25) is 5.91 Å². The highest BCUT2D eigenvalue weighted by Crippen LogP contribution is 2.21. The maximum Gasteiger partial charge on any atom is 0.516 e. The van der Waals surface area contributed by atoms with Crippen molar-refractivity contribution in [2.75, 3.05) is 0 Å². The monoisotopic (exact) mass is 233 g/mol. The molecule has 4 nitrogen and oxygen atoms in total. The van der Waals surface area contributed by atoms with Gasteiger partial charge in [-0.1, -0.05) is 13.3 Å². The molecular weight excluding hydrogens is 223 g/mol. The number of nitrogens with one attached hydrogen (secondary N) is 1. The van der Waals surface area contributed by atoms with E-state index in [2.05, 4.69) is 0 Å². The molecule has 0 rings (SSSR count). The zero-order chi connectivity index (χ0) is 11.4. The molecule has 0 saturated heterocycles. The van der Waals surface area contributed by atoms with Gasteiger partial charge in [0.05, 0.1) is 0 Å². The highest BCUT2D eigenvalue weighted by molar-refractivity contribution is 7.90. The Morgan fingerprint density at radius 1 is 1.36 bits per heavy atom. The van der Waals surface area contributed by atoms with Crippen LogP contribution in [0.5, 0.6) is 0 Å². The fourth-order valence-corrected chi connectivity index (χ4v) is 1.11. The fraction of sp³-hybridized carbons (Fsp3) is 0.833. The van der Waals surface area contributed by atoms with E-state index in [1.165, 1.54) is 0 Å². The third kappa shape index (κ3) is 3.95. The minimum Gasteiger partial charge on any atom is -0.274 e. The summed E-state index contributed by atoms with van der Waals surface area (Å²) in [6.07, 6.45) is 0.713. The fourth-order valence-electron chi connectivity index (χ4n) is 0.596. The summed E-state index contributed by atoms with van der Waals surface area (Å²) in [6, 6.07) is 0. The van der Waals surface area contributed by atoms with Crippen molar-refractivity contribution in [3.63, 3.8) is 0 Å². The second-order valence-corrected chi connectivity index (χ2v) is 4.25. The molecule has 0 spiro atoms. The van der Waals surface area contributed by atoms with Gasteiger partial charge in [0.1, 0.15) is 0 Å². The molecule has 0 aromatic heterocycles. The van der Waals surface area contributed by atoms with Crippen LogP contribution in [0.25, 0.3) is 0 Å². The van der Waals surface area contributed by atoms with Gasteiger partial charge in [0.15, 0.2) is 0 Å². The van der Waals surface area contributed by atoms with Crippen LogP contribution in [0.15, 0.2) is 0 Å². The minimum atomic E-state index is -5.53. The Labute approximate surface area is 79.5 Å². The summed E-state index contributed by atoms with van der Waals surface area (Å²) >= 11 is 0. The van der Waals surface area contributed by atoms with Crippen molar-refractivity contribution in [1.82, 2.24) is 4.72 Å². The molecule has 0 atom stereocenters. The Morgan fingerprint density at radius 2 is 1.86 bits per heavy atom. The average Bonchev–Trinajstić information content (AvgIpc) is 1.97. The molecule has 0 radical (unpaired) electrons. The lowest BCUT2D eigenvalue weighted by Gasteiger charge is -2.08. The minimum absolute atomic E-state index is 0.230. The molecule has 0 heterocycles. The van der Waals surface area contributed by atoms with E-state index in [-0.39, 0.29) is 6.42 Å². The molecule has 0 saturated carbocycles. The van der Waals surface area contributed by atoms with E-state index >= 15 is 0 Å². The van der Waals surface area contributed by atoms with Crippen LogP contribution in [-0.2, 0) is 14.8 Å². The summed E-state index contributed by atoms with van der Waals surface area (Å²) in [4.78, 5) is 10.7. The highest BCUT2D eigenvalue weighted by Gasteiger charge is 2.46. The molecule has 1 N–H and O–H groups in total. The number of carbonyl (C=O) groups excluding carboxylic acids is 1. The van der Waals surface area contributed by atoms with E-state index in [1.54, 1.807) is 6.92 Å². The number of alkyl halides is 3. The van der Waals surface area contributed by atoms with Gasteiger partial charge >= 0.3 is 15.5 Å². The Morgan fingerprint density at radius 3 is 2.21 bits per heavy atom. The van der Waals surface area contributed by atoms with Gasteiger partial charge in [-0.05, 0) is 6.42 Å². The molecule has 0 aliphatic carbocycles. The standard InChI is InChI=1S/C6H10F3NO3S/c1-2-3-4-5(11)10-14(12,13)6(7,8)9/h2-4H2,1H3,(H,10,11). The second-order valence-electron chi connectivity index (χ2n) is 2.58. The van der Waals surface area contributed by atoms with E-state index in [0.717, 1.165) is 4.72 Å². The maximum absolute atomic E-state index is 11.7. The highest BCUT2D eigenvalue weighted by atomic mass is 32.2. The molecule has 0 fully saturated rings. The smallest absolute Gasteiger partial charge is 0.274 e. The molecule has 0 aromatic carbocycles. The van der Waals surface area contributed by atoms with Crippen LogP contribution in [0.3, 0.4) is 0 Å². The maximum atomic E-state index is 11.7. The lowest BCUT2D eigenvalue weighted by atomic mass is 10.2. The van der Waals surface area contributed by atoms with E-state index < -0.39 is 21.4 Å². The van der Waals surface area contributed by atoms with Gasteiger partial charge < -0.3 is 0 Å². The molecular formula is C6H10F3NO3S. The number of sulfonamides is 1. The van der Waals surface area contributed by atoms with Crippen LogP contribution in [0.4, 0.5) is 13.2 Å². The summed E-state index contributed by atoms with van der Waals surface area (Å²) in [7, 11) is -5.53. The van der Waals surface area contributed by atoms with E-state index in [1.807, 2.05) is 0 Å². The predicted molar refractivity (Wildman–Crippen MR) is 42.6 cm³/mol. The zero-order valence-electron chi connectivity index (χ0n) is 7.39. The van der Waals surface area contributed by atoms with Crippen LogP contribution in [0.1, 0.15) is 26.2 Å². The van der Waals surface area contributed by atoms with Gasteiger partial charge in [-0.25, -0.2) is 4.72 Å². The molecule has 0 aliphatic heterocycles. The number of halogens is 3. The largest absolute Gasteiger partial charge is 0.516 e. The molecule has 1 amide bonds. The Bertz CT molecular complexity index is 296. The van der Waals surface area contributed by atoms with Crippen LogP contribution in [0, 0.1) is 0 Å². The summed E-state index contributed by atoms with van der Waals surface area (Å²) in [5, 5.41) is 0. The number of hydrogen-bond acceptors (Lipinski definition) is 3. The molecule has 14 heavy (non-hydrogen) atoms. The van der Waals surface area contributed by atoms with Gasteiger partial charge in [0.25, 0.3) is 0 Å².